The van der Waals surface area contributed by atoms with E-state index in [9.17, 15) is 18.4 Å². The molecule has 0 aromatic heterocycles. The van der Waals surface area contributed by atoms with Crippen LogP contribution in [0.5, 0.6) is 0 Å². The van der Waals surface area contributed by atoms with Gasteiger partial charge in [-0.05, 0) is 60.4 Å². The summed E-state index contributed by atoms with van der Waals surface area (Å²) in [5.74, 6) is -1.70. The highest BCUT2D eigenvalue weighted by molar-refractivity contribution is 5.94. The zero-order valence-electron chi connectivity index (χ0n) is 18.7. The molecule has 1 heterocycles. The number of carbonyl (C=O) groups is 2. The zero-order valence-corrected chi connectivity index (χ0v) is 18.7. The van der Waals surface area contributed by atoms with Gasteiger partial charge in [-0.25, -0.2) is 13.6 Å². The van der Waals surface area contributed by atoms with E-state index >= 15 is 0 Å². The predicted molar refractivity (Wildman–Crippen MR) is 124 cm³/mol. The predicted octanol–water partition coefficient (Wildman–Crippen LogP) is 4.72. The van der Waals surface area contributed by atoms with Crippen LogP contribution in [0.4, 0.5) is 8.78 Å². The molecule has 0 bridgehead atoms. The highest BCUT2D eigenvalue weighted by atomic mass is 19.1. The minimum absolute atomic E-state index is 0.170. The molecule has 34 heavy (non-hydrogen) atoms. The van der Waals surface area contributed by atoms with Gasteiger partial charge in [-0.3, -0.25) is 9.69 Å². The molecule has 1 aliphatic heterocycles. The van der Waals surface area contributed by atoms with Crippen LogP contribution < -0.4 is 5.32 Å². The average molecular weight is 465 g/mol. The summed E-state index contributed by atoms with van der Waals surface area (Å²) >= 11 is 0. The van der Waals surface area contributed by atoms with Crippen molar-refractivity contribution in [3.05, 3.63) is 107 Å². The van der Waals surface area contributed by atoms with Crippen molar-refractivity contribution < 1.29 is 23.1 Å². The number of carbonyl (C=O) groups excluding carboxylic acids is 2. The Labute approximate surface area is 197 Å². The van der Waals surface area contributed by atoms with Gasteiger partial charge in [0.1, 0.15) is 17.7 Å². The van der Waals surface area contributed by atoms with Crippen LogP contribution in [0.2, 0.25) is 0 Å². The van der Waals surface area contributed by atoms with Gasteiger partial charge in [0.05, 0.1) is 5.56 Å². The van der Waals surface area contributed by atoms with Crippen LogP contribution >= 0.6 is 0 Å². The molecule has 1 amide bonds. The minimum atomic E-state index is -0.488. The zero-order chi connectivity index (χ0) is 23.9. The summed E-state index contributed by atoms with van der Waals surface area (Å²) in [5.41, 5.74) is 2.63. The van der Waals surface area contributed by atoms with E-state index in [1.165, 1.54) is 36.4 Å². The van der Waals surface area contributed by atoms with Crippen molar-refractivity contribution >= 4 is 11.9 Å². The monoisotopic (exact) mass is 464 g/mol. The number of nitrogens with zero attached hydrogens (tertiary/aromatic N) is 1. The van der Waals surface area contributed by atoms with Crippen molar-refractivity contribution in [2.75, 3.05) is 13.1 Å². The Morgan fingerprint density at radius 1 is 0.853 bits per heavy atom. The molecular formula is C27H26F2N2O3. The molecule has 1 saturated heterocycles. The van der Waals surface area contributed by atoms with Gasteiger partial charge in [0, 0.05) is 31.7 Å². The summed E-state index contributed by atoms with van der Waals surface area (Å²) in [4.78, 5) is 26.7. The number of halogens is 2. The highest BCUT2D eigenvalue weighted by Gasteiger charge is 2.23. The number of ether oxygens (including phenoxy) is 1. The number of hydrogen-bond acceptors (Lipinski definition) is 4. The van der Waals surface area contributed by atoms with E-state index in [1.54, 1.807) is 12.1 Å². The molecule has 3 aromatic rings. The third kappa shape index (κ3) is 6.48. The number of nitrogens with one attached hydrogen (secondary N) is 1. The van der Waals surface area contributed by atoms with E-state index in [0.29, 0.717) is 12.1 Å². The lowest BCUT2D eigenvalue weighted by molar-refractivity contribution is 0.0104. The Morgan fingerprint density at radius 2 is 1.44 bits per heavy atom. The lowest BCUT2D eigenvalue weighted by Crippen LogP contribution is -2.37. The van der Waals surface area contributed by atoms with E-state index < -0.39 is 17.6 Å². The Hall–Kier alpha value is -3.58. The second-order valence-electron chi connectivity index (χ2n) is 8.40. The molecule has 0 saturated carbocycles. The normalized spacial score (nSPS) is 14.5. The molecule has 1 fully saturated rings. The number of amides is 1. The third-order valence-electron chi connectivity index (χ3n) is 5.84. The van der Waals surface area contributed by atoms with Gasteiger partial charge in [-0.15, -0.1) is 0 Å². The summed E-state index contributed by atoms with van der Waals surface area (Å²) in [6, 6.07) is 19.1. The van der Waals surface area contributed by atoms with E-state index in [0.717, 1.165) is 43.6 Å². The summed E-state index contributed by atoms with van der Waals surface area (Å²) in [6.07, 6.45) is 1.28. The molecule has 0 unspecified atom stereocenters. The lowest BCUT2D eigenvalue weighted by Gasteiger charge is -2.31. The first kappa shape index (κ1) is 23.6. The first-order valence-corrected chi connectivity index (χ1v) is 11.3. The number of likely N-dealkylation sites (tertiary alicyclic amines) is 1. The molecule has 1 N–H and O–H groups in total. The highest BCUT2D eigenvalue weighted by Crippen LogP contribution is 2.18. The van der Waals surface area contributed by atoms with Crippen LogP contribution in [-0.2, 0) is 17.8 Å². The Balaban J connectivity index is 1.20. The van der Waals surface area contributed by atoms with Crippen molar-refractivity contribution in [2.45, 2.75) is 32.0 Å². The number of esters is 1. The quantitative estimate of drug-likeness (QED) is 0.515. The van der Waals surface area contributed by atoms with Crippen LogP contribution in [0, 0.1) is 11.6 Å². The number of piperidine rings is 1. The van der Waals surface area contributed by atoms with Crippen molar-refractivity contribution in [1.29, 1.82) is 0 Å². The van der Waals surface area contributed by atoms with Crippen LogP contribution in [-0.4, -0.2) is 36.0 Å². The number of hydrogen-bond donors (Lipinski definition) is 1. The molecule has 7 heteroatoms. The summed E-state index contributed by atoms with van der Waals surface area (Å²) in [5, 5.41) is 2.80. The molecule has 4 rings (SSSR count). The topological polar surface area (TPSA) is 58.6 Å². The molecule has 0 atom stereocenters. The van der Waals surface area contributed by atoms with Gasteiger partial charge in [0.25, 0.3) is 5.91 Å². The first-order valence-electron chi connectivity index (χ1n) is 11.3. The third-order valence-corrected chi connectivity index (χ3v) is 5.84. The van der Waals surface area contributed by atoms with Gasteiger partial charge in [0.2, 0.25) is 0 Å². The van der Waals surface area contributed by atoms with Crippen LogP contribution in [0.25, 0.3) is 0 Å². The van der Waals surface area contributed by atoms with E-state index in [2.05, 4.69) is 10.2 Å². The van der Waals surface area contributed by atoms with Crippen molar-refractivity contribution in [3.63, 3.8) is 0 Å². The van der Waals surface area contributed by atoms with Gasteiger partial charge < -0.3 is 10.1 Å². The molecule has 0 spiro atoms. The van der Waals surface area contributed by atoms with Crippen LogP contribution in [0.3, 0.4) is 0 Å². The largest absolute Gasteiger partial charge is 0.459 e. The van der Waals surface area contributed by atoms with Crippen molar-refractivity contribution in [1.82, 2.24) is 10.2 Å². The fourth-order valence-corrected chi connectivity index (χ4v) is 3.95. The van der Waals surface area contributed by atoms with Gasteiger partial charge >= 0.3 is 5.97 Å². The maximum atomic E-state index is 13.3. The van der Waals surface area contributed by atoms with Gasteiger partial charge in [-0.2, -0.15) is 0 Å². The molecule has 5 nitrogen and oxygen atoms in total. The van der Waals surface area contributed by atoms with E-state index in [-0.39, 0.29) is 17.6 Å². The van der Waals surface area contributed by atoms with Crippen molar-refractivity contribution in [2.24, 2.45) is 0 Å². The minimum Gasteiger partial charge on any atom is -0.459 e. The standard InChI is InChI=1S/C27H26F2N2O3/c28-23-5-1-3-21(15-23)26(32)30-17-19-7-9-20(10-8-19)18-31-13-11-25(12-14-31)34-27(33)22-4-2-6-24(29)16-22/h1-10,15-16,25H,11-14,17-18H2,(H,30,32). The van der Waals surface area contributed by atoms with Crippen LogP contribution in [0.15, 0.2) is 72.8 Å². The molecule has 1 aliphatic rings. The average Bonchev–Trinajstić information content (AvgIpc) is 2.84. The SMILES string of the molecule is O=C(NCc1ccc(CN2CCC(OC(=O)c3cccc(F)c3)CC2)cc1)c1cccc(F)c1. The lowest BCUT2D eigenvalue weighted by atomic mass is 10.1. The van der Waals surface area contributed by atoms with Crippen LogP contribution in [0.1, 0.15) is 44.7 Å². The maximum Gasteiger partial charge on any atom is 0.338 e. The van der Waals surface area contributed by atoms with Crippen molar-refractivity contribution in [3.8, 4) is 0 Å². The summed E-state index contributed by atoms with van der Waals surface area (Å²) in [6.45, 7) is 2.73. The molecule has 3 aromatic carbocycles. The Morgan fingerprint density at radius 3 is 2.09 bits per heavy atom. The molecular weight excluding hydrogens is 438 g/mol. The van der Waals surface area contributed by atoms with Gasteiger partial charge in [-0.1, -0.05) is 36.4 Å². The Bertz CT molecular complexity index is 1140. The van der Waals surface area contributed by atoms with E-state index in [1.807, 2.05) is 24.3 Å². The Kier molecular flexibility index (Phi) is 7.65. The smallest absolute Gasteiger partial charge is 0.338 e. The fraction of sp³-hybridized carbons (Fsp3) is 0.259. The molecule has 0 radical (unpaired) electrons. The second-order valence-corrected chi connectivity index (χ2v) is 8.40. The summed E-state index contributed by atoms with van der Waals surface area (Å²) in [7, 11) is 0. The number of benzene rings is 3. The first-order chi connectivity index (χ1) is 16.5. The summed E-state index contributed by atoms with van der Waals surface area (Å²) < 4.78 is 32.1. The fourth-order valence-electron chi connectivity index (χ4n) is 3.95. The molecule has 176 valence electrons. The number of rotatable bonds is 7. The van der Waals surface area contributed by atoms with Gasteiger partial charge in [0.15, 0.2) is 0 Å². The molecule has 0 aliphatic carbocycles. The second kappa shape index (κ2) is 11.0. The maximum absolute atomic E-state index is 13.3. The van der Waals surface area contributed by atoms with E-state index in [4.69, 9.17) is 4.74 Å².